The average Bonchev–Trinajstić information content (AvgIpc) is 2.36. The fourth-order valence-electron chi connectivity index (χ4n) is 2.39. The maximum absolute atomic E-state index is 11.6. The monoisotopic (exact) mass is 319 g/mol. The number of phenols is 1. The van der Waals surface area contributed by atoms with Crippen molar-refractivity contribution in [1.29, 1.82) is 0 Å². The second kappa shape index (κ2) is 5.79. The van der Waals surface area contributed by atoms with Crippen LogP contribution in [0.1, 0.15) is 12.5 Å². The quantitative estimate of drug-likeness (QED) is 0.918. The smallest absolute Gasteiger partial charge is 0.162 e. The van der Waals surface area contributed by atoms with Crippen molar-refractivity contribution in [2.24, 2.45) is 0 Å². The normalized spacial score (nSPS) is 22.6. The third-order valence-corrected chi connectivity index (χ3v) is 5.53. The zero-order valence-electron chi connectivity index (χ0n) is 11.5. The van der Waals surface area contributed by atoms with Gasteiger partial charge in [0.25, 0.3) is 0 Å². The van der Waals surface area contributed by atoms with Crippen LogP contribution < -0.4 is 4.74 Å². The van der Waals surface area contributed by atoms with Gasteiger partial charge in [0, 0.05) is 35.8 Å². The van der Waals surface area contributed by atoms with E-state index >= 15 is 0 Å². The lowest BCUT2D eigenvalue weighted by molar-refractivity contribution is 0.215. The summed E-state index contributed by atoms with van der Waals surface area (Å²) in [5.41, 5.74) is 0.639. The largest absolute Gasteiger partial charge is 0.504 e. The van der Waals surface area contributed by atoms with E-state index < -0.39 is 9.84 Å². The topological polar surface area (TPSA) is 66.8 Å². The third kappa shape index (κ3) is 3.37. The van der Waals surface area contributed by atoms with Crippen LogP contribution in [0.5, 0.6) is 11.5 Å². The minimum atomic E-state index is -2.94. The lowest BCUT2D eigenvalue weighted by Crippen LogP contribution is -2.46. The first kappa shape index (κ1) is 15.4. The number of nitrogens with zero attached hydrogens (tertiary/aromatic N) is 1. The van der Waals surface area contributed by atoms with Crippen molar-refractivity contribution in [3.63, 3.8) is 0 Å². The van der Waals surface area contributed by atoms with Crippen LogP contribution in [0.15, 0.2) is 12.1 Å². The number of rotatable bonds is 3. The first-order valence-electron chi connectivity index (χ1n) is 6.32. The molecule has 112 valence electrons. The summed E-state index contributed by atoms with van der Waals surface area (Å²) in [7, 11) is -1.48. The third-order valence-electron chi connectivity index (χ3n) is 3.52. The molecule has 1 atom stereocenters. The Morgan fingerprint density at radius 3 is 2.80 bits per heavy atom. The molecule has 0 aromatic heterocycles. The van der Waals surface area contributed by atoms with Crippen LogP contribution in [-0.2, 0) is 16.4 Å². The highest BCUT2D eigenvalue weighted by atomic mass is 35.5. The van der Waals surface area contributed by atoms with Crippen LogP contribution in [0, 0.1) is 0 Å². The van der Waals surface area contributed by atoms with Gasteiger partial charge in [-0.05, 0) is 13.0 Å². The molecule has 20 heavy (non-hydrogen) atoms. The number of hydrogen-bond acceptors (Lipinski definition) is 5. The fourth-order valence-corrected chi connectivity index (χ4v) is 4.25. The Kier molecular flexibility index (Phi) is 4.46. The molecule has 1 aliphatic heterocycles. The molecular formula is C13H18ClNO4S. The van der Waals surface area contributed by atoms with Gasteiger partial charge in [-0.3, -0.25) is 4.90 Å². The second-order valence-corrected chi connectivity index (χ2v) is 7.71. The Labute approximate surface area is 124 Å². The van der Waals surface area contributed by atoms with E-state index in [0.717, 1.165) is 0 Å². The first-order valence-corrected chi connectivity index (χ1v) is 8.52. The van der Waals surface area contributed by atoms with Gasteiger partial charge in [0.2, 0.25) is 0 Å². The molecule has 0 bridgehead atoms. The molecule has 1 aromatic rings. The molecule has 5 nitrogen and oxygen atoms in total. The minimum Gasteiger partial charge on any atom is -0.504 e. The molecule has 1 fully saturated rings. The van der Waals surface area contributed by atoms with Gasteiger partial charge in [-0.2, -0.15) is 0 Å². The molecule has 0 spiro atoms. The van der Waals surface area contributed by atoms with E-state index in [1.165, 1.54) is 7.11 Å². The minimum absolute atomic E-state index is 0.0533. The number of aromatic hydroxyl groups is 1. The van der Waals surface area contributed by atoms with Crippen LogP contribution in [0.25, 0.3) is 0 Å². The summed E-state index contributed by atoms with van der Waals surface area (Å²) in [6, 6.07) is 3.14. The van der Waals surface area contributed by atoms with E-state index in [0.29, 0.717) is 29.4 Å². The number of methoxy groups -OCH3 is 1. The summed E-state index contributed by atoms with van der Waals surface area (Å²) in [5, 5.41) is 10.6. The van der Waals surface area contributed by atoms with Crippen LogP contribution in [0.2, 0.25) is 5.02 Å². The van der Waals surface area contributed by atoms with Crippen molar-refractivity contribution in [1.82, 2.24) is 4.90 Å². The predicted molar refractivity (Wildman–Crippen MR) is 78.2 cm³/mol. The van der Waals surface area contributed by atoms with Crippen molar-refractivity contribution in [2.75, 3.05) is 25.2 Å². The Hall–Kier alpha value is -0.980. The van der Waals surface area contributed by atoms with Crippen molar-refractivity contribution in [3.8, 4) is 11.5 Å². The lowest BCUT2D eigenvalue weighted by atomic mass is 10.1. The van der Waals surface area contributed by atoms with E-state index in [9.17, 15) is 13.5 Å². The molecule has 1 unspecified atom stereocenters. The number of hydrogen-bond donors (Lipinski definition) is 1. The van der Waals surface area contributed by atoms with Gasteiger partial charge in [-0.15, -0.1) is 0 Å². The highest BCUT2D eigenvalue weighted by Gasteiger charge is 2.28. The van der Waals surface area contributed by atoms with Crippen LogP contribution in [0.4, 0.5) is 0 Å². The molecule has 0 saturated carbocycles. The van der Waals surface area contributed by atoms with Gasteiger partial charge in [0.1, 0.15) is 0 Å². The molecule has 1 aromatic carbocycles. The molecule has 0 amide bonds. The zero-order chi connectivity index (χ0) is 14.9. The summed E-state index contributed by atoms with van der Waals surface area (Å²) in [6.07, 6.45) is 0. The number of ether oxygens (including phenoxy) is 1. The van der Waals surface area contributed by atoms with Crippen molar-refractivity contribution >= 4 is 21.4 Å². The Bertz CT molecular complexity index is 603. The number of halogens is 1. The zero-order valence-corrected chi connectivity index (χ0v) is 13.0. The predicted octanol–water partition coefficient (Wildman–Crippen LogP) is 1.67. The molecule has 1 saturated heterocycles. The molecule has 0 radical (unpaired) electrons. The molecule has 2 rings (SSSR count). The summed E-state index contributed by atoms with van der Waals surface area (Å²) in [4.78, 5) is 2.02. The molecule has 1 heterocycles. The van der Waals surface area contributed by atoms with Gasteiger partial charge in [0.05, 0.1) is 18.6 Å². The van der Waals surface area contributed by atoms with Crippen LogP contribution >= 0.6 is 11.6 Å². The Balaban J connectivity index is 2.20. The van der Waals surface area contributed by atoms with Crippen LogP contribution in [0.3, 0.4) is 0 Å². The number of benzene rings is 1. The Morgan fingerprint density at radius 2 is 2.20 bits per heavy atom. The van der Waals surface area contributed by atoms with Gasteiger partial charge in [-0.1, -0.05) is 11.6 Å². The van der Waals surface area contributed by atoms with E-state index in [1.54, 1.807) is 12.1 Å². The average molecular weight is 320 g/mol. The lowest BCUT2D eigenvalue weighted by Gasteiger charge is -2.33. The summed E-state index contributed by atoms with van der Waals surface area (Å²) >= 11 is 5.99. The van der Waals surface area contributed by atoms with Crippen molar-refractivity contribution in [3.05, 3.63) is 22.7 Å². The first-order chi connectivity index (χ1) is 9.32. The molecule has 1 aliphatic rings. The Morgan fingerprint density at radius 1 is 1.50 bits per heavy atom. The highest BCUT2D eigenvalue weighted by Crippen LogP contribution is 2.34. The SMILES string of the molecule is COc1cc(Cl)cc(CN2CCS(=O)(=O)CC2C)c1O. The summed E-state index contributed by atoms with van der Waals surface area (Å²) in [6.45, 7) is 2.77. The molecule has 1 N–H and O–H groups in total. The number of sulfone groups is 1. The van der Waals surface area contributed by atoms with E-state index in [-0.39, 0.29) is 23.3 Å². The fraction of sp³-hybridized carbons (Fsp3) is 0.538. The number of phenolic OH excluding ortho intramolecular Hbond substituents is 1. The maximum Gasteiger partial charge on any atom is 0.162 e. The van der Waals surface area contributed by atoms with Gasteiger partial charge in [-0.25, -0.2) is 8.42 Å². The van der Waals surface area contributed by atoms with E-state index in [1.807, 2.05) is 11.8 Å². The van der Waals surface area contributed by atoms with E-state index in [2.05, 4.69) is 0 Å². The van der Waals surface area contributed by atoms with E-state index in [4.69, 9.17) is 16.3 Å². The summed E-state index contributed by atoms with van der Waals surface area (Å²) in [5.74, 6) is 0.670. The van der Waals surface area contributed by atoms with Gasteiger partial charge >= 0.3 is 0 Å². The molecule has 7 heteroatoms. The highest BCUT2D eigenvalue weighted by molar-refractivity contribution is 7.91. The maximum atomic E-state index is 11.6. The summed E-state index contributed by atoms with van der Waals surface area (Å²) < 4.78 is 28.2. The van der Waals surface area contributed by atoms with Gasteiger partial charge in [0.15, 0.2) is 21.3 Å². The van der Waals surface area contributed by atoms with Crippen molar-refractivity contribution < 1.29 is 18.3 Å². The van der Waals surface area contributed by atoms with Crippen molar-refractivity contribution in [2.45, 2.75) is 19.5 Å². The molecular weight excluding hydrogens is 302 g/mol. The molecule has 0 aliphatic carbocycles. The second-order valence-electron chi connectivity index (χ2n) is 5.05. The standard InChI is InChI=1S/C13H18ClNO4S/c1-9-8-20(17,18)4-3-15(9)7-10-5-11(14)6-12(19-2)13(10)16/h5-6,9,16H,3-4,7-8H2,1-2H3. The van der Waals surface area contributed by atoms with Crippen LogP contribution in [-0.4, -0.2) is 49.6 Å². The van der Waals surface area contributed by atoms with Gasteiger partial charge < -0.3 is 9.84 Å².